The third-order valence-corrected chi connectivity index (χ3v) is 5.75. The molecule has 4 heterocycles. The van der Waals surface area contributed by atoms with Gasteiger partial charge in [-0.25, -0.2) is 18.6 Å². The molecule has 0 saturated carbocycles. The van der Waals surface area contributed by atoms with Crippen molar-refractivity contribution >= 4 is 23.1 Å². The minimum atomic E-state index is -2.32. The predicted molar refractivity (Wildman–Crippen MR) is 110 cm³/mol. The van der Waals surface area contributed by atoms with Crippen molar-refractivity contribution in [3.8, 4) is 5.75 Å². The number of nitrogens with zero attached hydrogens (tertiary/aromatic N) is 3. The first-order valence-electron chi connectivity index (χ1n) is 10.5. The van der Waals surface area contributed by atoms with Crippen LogP contribution in [0, 0.1) is 23.3 Å². The fourth-order valence-corrected chi connectivity index (χ4v) is 4.28. The Morgan fingerprint density at radius 1 is 1.19 bits per heavy atom. The van der Waals surface area contributed by atoms with Gasteiger partial charge in [-0.05, 0) is 13.8 Å². The van der Waals surface area contributed by atoms with Gasteiger partial charge in [-0.15, -0.1) is 0 Å². The van der Waals surface area contributed by atoms with E-state index in [9.17, 15) is 32.3 Å². The lowest BCUT2D eigenvalue weighted by molar-refractivity contribution is -0.225. The minimum Gasteiger partial charge on any atom is -0.477 e. The zero-order valence-electron chi connectivity index (χ0n) is 18.7. The molecule has 1 aromatic carbocycles. The first kappa shape index (κ1) is 24.9. The molecule has 2 fully saturated rings. The van der Waals surface area contributed by atoms with Crippen LogP contribution >= 0.6 is 0 Å². The van der Waals surface area contributed by atoms with Gasteiger partial charge in [0.15, 0.2) is 46.7 Å². The Kier molecular flexibility index (Phi) is 5.63. The van der Waals surface area contributed by atoms with Gasteiger partial charge in [0.05, 0.1) is 6.33 Å². The molecule has 5 atom stereocenters. The Morgan fingerprint density at radius 2 is 1.81 bits per heavy atom. The lowest BCUT2D eigenvalue weighted by Gasteiger charge is -2.27. The maximum absolute atomic E-state index is 14.4. The van der Waals surface area contributed by atoms with Gasteiger partial charge in [-0.2, -0.15) is 13.8 Å². The predicted octanol–water partition coefficient (Wildman–Crippen LogP) is 0.771. The average Bonchev–Trinajstić information content (AvgIpc) is 3.45. The van der Waals surface area contributed by atoms with E-state index in [1.54, 1.807) is 0 Å². The summed E-state index contributed by atoms with van der Waals surface area (Å²) in [5.41, 5.74) is 2.94. The summed E-state index contributed by atoms with van der Waals surface area (Å²) in [6.07, 6.45) is -6.14. The van der Waals surface area contributed by atoms with Crippen molar-refractivity contribution < 1.29 is 51.5 Å². The molecule has 198 valence electrons. The van der Waals surface area contributed by atoms with Crippen LogP contribution < -0.4 is 16.0 Å². The summed E-state index contributed by atoms with van der Waals surface area (Å²) in [5, 5.41) is 19.5. The molecule has 5 N–H and O–H groups in total. The van der Waals surface area contributed by atoms with Gasteiger partial charge in [0.1, 0.15) is 17.8 Å². The first-order chi connectivity index (χ1) is 17.3. The average molecular weight is 531 g/mol. The van der Waals surface area contributed by atoms with Gasteiger partial charge < -0.3 is 34.9 Å². The number of fused-ring (bicyclic) bond motifs is 2. The SMILES string of the molecule is CC1(C)O[C@@H]2[C@H](O1)[C@@H](C(O)Oc1c(F)c(F)c(C(=O)O)c(F)c1F)O[C@H]2n1cnc2c(=O)[nH]c(N)nc21. The van der Waals surface area contributed by atoms with Crippen molar-refractivity contribution in [2.75, 3.05) is 5.73 Å². The van der Waals surface area contributed by atoms with Gasteiger partial charge in [-0.1, -0.05) is 0 Å². The summed E-state index contributed by atoms with van der Waals surface area (Å²) in [6, 6.07) is 0. The number of halogens is 4. The van der Waals surface area contributed by atoms with Crippen molar-refractivity contribution in [2.45, 2.75) is 50.5 Å². The molecule has 2 saturated heterocycles. The summed E-state index contributed by atoms with van der Waals surface area (Å²) in [7, 11) is 0. The van der Waals surface area contributed by atoms with Crippen molar-refractivity contribution in [1.29, 1.82) is 0 Å². The number of imidazole rings is 1. The van der Waals surface area contributed by atoms with E-state index < -0.39 is 82.7 Å². The van der Waals surface area contributed by atoms with E-state index in [-0.39, 0.29) is 17.1 Å². The molecule has 0 aliphatic carbocycles. The lowest BCUT2D eigenvalue weighted by atomic mass is 10.1. The fraction of sp³-hybridized carbons (Fsp3) is 0.400. The molecule has 0 radical (unpaired) electrons. The van der Waals surface area contributed by atoms with Crippen LogP contribution in [0.2, 0.25) is 0 Å². The van der Waals surface area contributed by atoms with Gasteiger partial charge >= 0.3 is 5.97 Å². The van der Waals surface area contributed by atoms with Gasteiger partial charge in [0, 0.05) is 0 Å². The van der Waals surface area contributed by atoms with Crippen LogP contribution in [-0.4, -0.2) is 66.1 Å². The molecule has 1 unspecified atom stereocenters. The van der Waals surface area contributed by atoms with Crippen LogP contribution in [0.25, 0.3) is 11.2 Å². The number of nitrogen functional groups attached to an aromatic ring is 1. The molecular weight excluding hydrogens is 514 g/mol. The zero-order chi connectivity index (χ0) is 27.0. The van der Waals surface area contributed by atoms with E-state index in [4.69, 9.17) is 29.8 Å². The highest BCUT2D eigenvalue weighted by atomic mass is 19.2. The zero-order valence-corrected chi connectivity index (χ0v) is 18.7. The first-order valence-corrected chi connectivity index (χ1v) is 10.5. The molecule has 2 aliphatic rings. The molecule has 13 nitrogen and oxygen atoms in total. The summed E-state index contributed by atoms with van der Waals surface area (Å²) < 4.78 is 80.4. The number of hydrogen-bond donors (Lipinski definition) is 4. The van der Waals surface area contributed by atoms with E-state index >= 15 is 0 Å². The third-order valence-electron chi connectivity index (χ3n) is 5.75. The number of benzene rings is 1. The lowest BCUT2D eigenvalue weighted by Crippen LogP contribution is -2.42. The summed E-state index contributed by atoms with van der Waals surface area (Å²) in [5.74, 6) is -14.3. The number of aliphatic hydroxyl groups excluding tert-OH is 1. The number of H-pyrrole nitrogens is 1. The molecular formula is C20H17F4N5O8. The second-order valence-electron chi connectivity index (χ2n) is 8.60. The van der Waals surface area contributed by atoms with Crippen LogP contribution in [-0.2, 0) is 14.2 Å². The number of aliphatic hydroxyl groups is 1. The fourth-order valence-electron chi connectivity index (χ4n) is 4.28. The molecule has 0 bridgehead atoms. The quantitative estimate of drug-likeness (QED) is 0.207. The summed E-state index contributed by atoms with van der Waals surface area (Å²) in [4.78, 5) is 33.4. The maximum Gasteiger partial charge on any atom is 0.341 e. The Bertz CT molecular complexity index is 1460. The van der Waals surface area contributed by atoms with E-state index in [1.165, 1.54) is 24.7 Å². The molecule has 3 aromatic rings. The van der Waals surface area contributed by atoms with E-state index in [2.05, 4.69) is 15.0 Å². The van der Waals surface area contributed by atoms with Crippen molar-refractivity contribution in [1.82, 2.24) is 19.5 Å². The number of carbonyl (C=O) groups is 1. The Labute approximate surface area is 202 Å². The molecule has 0 amide bonds. The molecule has 37 heavy (non-hydrogen) atoms. The standard InChI is InChI=1S/C20H17F4N5O8/c1-20(2)36-11-12(37-20)16(29-3-26-9-14(29)27-19(25)28-15(9)30)34-13(11)18(33)35-10-7(23)5(21)4(17(31)32)6(22)8(10)24/h3,11-13,16,18,33H,1-2H3,(H,31,32)(H3,25,27,28,30)/t11-,12+,13-,16+,18?/m0/s1. The number of hydrogen-bond acceptors (Lipinski definition) is 10. The number of aromatic nitrogens is 4. The highest BCUT2D eigenvalue weighted by Gasteiger charge is 2.59. The maximum atomic E-state index is 14.4. The number of aromatic amines is 1. The van der Waals surface area contributed by atoms with Gasteiger partial charge in [0.25, 0.3) is 5.56 Å². The molecule has 2 aromatic heterocycles. The molecule has 5 rings (SSSR count). The highest BCUT2D eigenvalue weighted by Crippen LogP contribution is 2.45. The Hall–Kier alpha value is -3.80. The largest absolute Gasteiger partial charge is 0.477 e. The minimum absolute atomic E-state index is 0.0279. The third kappa shape index (κ3) is 3.86. The Balaban J connectivity index is 1.51. The molecule has 17 heteroatoms. The van der Waals surface area contributed by atoms with Gasteiger partial charge in [-0.3, -0.25) is 14.3 Å². The van der Waals surface area contributed by atoms with Crippen LogP contribution in [0.5, 0.6) is 5.75 Å². The van der Waals surface area contributed by atoms with E-state index in [1.807, 2.05) is 0 Å². The summed E-state index contributed by atoms with van der Waals surface area (Å²) >= 11 is 0. The van der Waals surface area contributed by atoms with Crippen LogP contribution in [0.1, 0.15) is 30.4 Å². The molecule has 0 spiro atoms. The summed E-state index contributed by atoms with van der Waals surface area (Å²) in [6.45, 7) is 3.04. The van der Waals surface area contributed by atoms with E-state index in [0.717, 1.165) is 0 Å². The normalized spacial score (nSPS) is 25.4. The number of carboxylic acids is 1. The van der Waals surface area contributed by atoms with Crippen LogP contribution in [0.3, 0.4) is 0 Å². The monoisotopic (exact) mass is 531 g/mol. The second kappa shape index (κ2) is 8.37. The number of ether oxygens (including phenoxy) is 4. The molecule has 2 aliphatic heterocycles. The van der Waals surface area contributed by atoms with Crippen molar-refractivity contribution in [3.63, 3.8) is 0 Å². The topological polar surface area (TPSA) is 184 Å². The number of aromatic carboxylic acids is 1. The van der Waals surface area contributed by atoms with E-state index in [0.29, 0.717) is 0 Å². The smallest absolute Gasteiger partial charge is 0.341 e. The highest BCUT2D eigenvalue weighted by molar-refractivity contribution is 5.88. The van der Waals surface area contributed by atoms with Crippen molar-refractivity contribution in [2.24, 2.45) is 0 Å². The van der Waals surface area contributed by atoms with Crippen LogP contribution in [0.4, 0.5) is 23.5 Å². The number of nitrogens with two attached hydrogens (primary N) is 1. The number of carboxylic acid groups (broad SMARTS) is 1. The Morgan fingerprint density at radius 3 is 2.43 bits per heavy atom. The van der Waals surface area contributed by atoms with Crippen molar-refractivity contribution in [3.05, 3.63) is 45.5 Å². The number of rotatable bonds is 5. The van der Waals surface area contributed by atoms with Crippen LogP contribution in [0.15, 0.2) is 11.1 Å². The van der Waals surface area contributed by atoms with Gasteiger partial charge in [0.2, 0.25) is 23.9 Å². The number of nitrogens with one attached hydrogen (secondary N) is 1. The second-order valence-corrected chi connectivity index (χ2v) is 8.60. The number of anilines is 1.